The summed E-state index contributed by atoms with van der Waals surface area (Å²) in [6, 6.07) is 12.8. The summed E-state index contributed by atoms with van der Waals surface area (Å²) in [4.78, 5) is 30.6. The third kappa shape index (κ3) is 4.92. The predicted molar refractivity (Wildman–Crippen MR) is 120 cm³/mol. The number of halogens is 2. The second-order valence-electron chi connectivity index (χ2n) is 7.52. The van der Waals surface area contributed by atoms with E-state index in [0.717, 1.165) is 6.07 Å². The fraction of sp³-hybridized carbons (Fsp3) is 0.208. The molecule has 0 saturated carbocycles. The van der Waals surface area contributed by atoms with Crippen molar-refractivity contribution in [3.63, 3.8) is 0 Å². The van der Waals surface area contributed by atoms with E-state index in [-0.39, 0.29) is 11.6 Å². The molecular formula is C24H22F2N4O3. The lowest BCUT2D eigenvalue weighted by Crippen LogP contribution is -2.53. The molecule has 3 aromatic rings. The van der Waals surface area contributed by atoms with Crippen molar-refractivity contribution in [1.82, 2.24) is 10.3 Å². The SMILES string of the molecule is COc1ccc(NC(=O)N[C@@H]2CCCN(c3ccc(-c4cccnc4F)cc3)C2=O)c(F)c1. The van der Waals surface area contributed by atoms with Crippen molar-refractivity contribution in [2.45, 2.75) is 18.9 Å². The average Bonchev–Trinajstić information content (AvgIpc) is 2.82. The number of hydrogen-bond donors (Lipinski definition) is 2. The highest BCUT2D eigenvalue weighted by Crippen LogP contribution is 2.27. The van der Waals surface area contributed by atoms with E-state index < -0.39 is 23.8 Å². The van der Waals surface area contributed by atoms with Crippen molar-refractivity contribution in [2.75, 3.05) is 23.9 Å². The van der Waals surface area contributed by atoms with Crippen LogP contribution in [0.2, 0.25) is 0 Å². The van der Waals surface area contributed by atoms with E-state index in [1.807, 2.05) is 0 Å². The van der Waals surface area contributed by atoms with Crippen LogP contribution in [0.15, 0.2) is 60.8 Å². The number of rotatable bonds is 5. The summed E-state index contributed by atoms with van der Waals surface area (Å²) in [5.74, 6) is -1.16. The Morgan fingerprint density at radius 3 is 2.64 bits per heavy atom. The minimum absolute atomic E-state index is 0.0216. The number of aromatic nitrogens is 1. The molecule has 2 aromatic carbocycles. The predicted octanol–water partition coefficient (Wildman–Crippen LogP) is 4.35. The fourth-order valence-electron chi connectivity index (χ4n) is 3.73. The van der Waals surface area contributed by atoms with E-state index in [1.54, 1.807) is 41.3 Å². The number of nitrogens with zero attached hydrogens (tertiary/aromatic N) is 2. The smallest absolute Gasteiger partial charge is 0.319 e. The van der Waals surface area contributed by atoms with Gasteiger partial charge in [-0.05, 0) is 54.8 Å². The molecule has 1 aromatic heterocycles. The van der Waals surface area contributed by atoms with Crippen LogP contribution in [0, 0.1) is 11.8 Å². The van der Waals surface area contributed by atoms with Crippen LogP contribution in [0.1, 0.15) is 12.8 Å². The van der Waals surface area contributed by atoms with E-state index in [0.29, 0.717) is 42.0 Å². The first kappa shape index (κ1) is 22.2. The molecule has 2 N–H and O–H groups in total. The molecule has 1 saturated heterocycles. The quantitative estimate of drug-likeness (QED) is 0.564. The highest BCUT2D eigenvalue weighted by Gasteiger charge is 2.31. The molecule has 9 heteroatoms. The number of benzene rings is 2. The lowest BCUT2D eigenvalue weighted by atomic mass is 10.0. The lowest BCUT2D eigenvalue weighted by molar-refractivity contribution is -0.121. The number of amides is 3. The first-order valence-electron chi connectivity index (χ1n) is 10.4. The van der Waals surface area contributed by atoms with Crippen molar-refractivity contribution < 1.29 is 23.1 Å². The summed E-state index contributed by atoms with van der Waals surface area (Å²) in [6.45, 7) is 0.492. The molecule has 0 bridgehead atoms. The largest absolute Gasteiger partial charge is 0.497 e. The third-order valence-corrected chi connectivity index (χ3v) is 5.42. The Bertz CT molecular complexity index is 1170. The molecule has 4 rings (SSSR count). The fourth-order valence-corrected chi connectivity index (χ4v) is 3.73. The van der Waals surface area contributed by atoms with Crippen LogP contribution >= 0.6 is 0 Å². The van der Waals surface area contributed by atoms with Crippen LogP contribution in [-0.4, -0.2) is 36.6 Å². The Labute approximate surface area is 189 Å². The number of carbonyl (C=O) groups excluding carboxylic acids is 2. The number of nitrogens with one attached hydrogen (secondary N) is 2. The van der Waals surface area contributed by atoms with E-state index in [1.165, 1.54) is 25.4 Å². The second-order valence-corrected chi connectivity index (χ2v) is 7.52. The Morgan fingerprint density at radius 1 is 1.15 bits per heavy atom. The minimum atomic E-state index is -0.754. The summed E-state index contributed by atoms with van der Waals surface area (Å²) in [7, 11) is 1.42. The number of ether oxygens (including phenoxy) is 1. The second kappa shape index (κ2) is 9.64. The van der Waals surface area contributed by atoms with Gasteiger partial charge in [0.05, 0.1) is 12.8 Å². The number of pyridine rings is 1. The van der Waals surface area contributed by atoms with Crippen molar-refractivity contribution in [3.8, 4) is 16.9 Å². The standard InChI is InChI=1S/C24H22F2N4O3/c1-33-17-10-11-20(19(25)14-17)28-24(32)29-21-5-3-13-30(23(21)31)16-8-6-15(7-9-16)18-4-2-12-27-22(18)26/h2,4,6-12,14,21H,3,5,13H2,1H3,(H2,28,29,32)/t21-/m1/s1. The van der Waals surface area contributed by atoms with Gasteiger partial charge in [-0.15, -0.1) is 0 Å². The van der Waals surface area contributed by atoms with Crippen LogP contribution in [0.4, 0.5) is 25.0 Å². The average molecular weight is 452 g/mol. The number of hydrogen-bond acceptors (Lipinski definition) is 4. The Hall–Kier alpha value is -4.01. The van der Waals surface area contributed by atoms with Crippen molar-refractivity contribution in [2.24, 2.45) is 0 Å². The molecule has 1 aliphatic rings. The first-order valence-corrected chi connectivity index (χ1v) is 10.4. The summed E-state index contributed by atoms with van der Waals surface area (Å²) < 4.78 is 33.0. The lowest BCUT2D eigenvalue weighted by Gasteiger charge is -2.32. The number of piperidine rings is 1. The van der Waals surface area contributed by atoms with Crippen LogP contribution < -0.4 is 20.3 Å². The maximum atomic E-state index is 14.1. The van der Waals surface area contributed by atoms with Crippen molar-refractivity contribution >= 4 is 23.3 Å². The molecule has 1 aliphatic heterocycles. The zero-order chi connectivity index (χ0) is 23.4. The molecular weight excluding hydrogens is 430 g/mol. The highest BCUT2D eigenvalue weighted by molar-refractivity contribution is 6.01. The number of urea groups is 1. The van der Waals surface area contributed by atoms with E-state index in [4.69, 9.17) is 4.74 Å². The summed E-state index contributed by atoms with van der Waals surface area (Å²) in [5, 5.41) is 5.04. The van der Waals surface area contributed by atoms with Gasteiger partial charge in [-0.25, -0.2) is 14.2 Å². The molecule has 0 unspecified atom stereocenters. The van der Waals surface area contributed by atoms with E-state index in [9.17, 15) is 18.4 Å². The molecule has 0 aliphatic carbocycles. The number of anilines is 2. The Balaban J connectivity index is 1.42. The van der Waals surface area contributed by atoms with Gasteiger partial charge >= 0.3 is 6.03 Å². The van der Waals surface area contributed by atoms with Gasteiger partial charge in [-0.2, -0.15) is 4.39 Å². The molecule has 170 valence electrons. The number of carbonyl (C=O) groups is 2. The molecule has 7 nitrogen and oxygen atoms in total. The Morgan fingerprint density at radius 2 is 1.94 bits per heavy atom. The monoisotopic (exact) mass is 452 g/mol. The first-order chi connectivity index (χ1) is 16.0. The summed E-state index contributed by atoms with van der Waals surface area (Å²) >= 11 is 0. The normalized spacial score (nSPS) is 15.8. The molecule has 33 heavy (non-hydrogen) atoms. The topological polar surface area (TPSA) is 83.6 Å². The van der Waals surface area contributed by atoms with E-state index >= 15 is 0 Å². The van der Waals surface area contributed by atoms with Crippen molar-refractivity contribution in [1.29, 1.82) is 0 Å². The van der Waals surface area contributed by atoms with Crippen LogP contribution in [-0.2, 0) is 4.79 Å². The maximum absolute atomic E-state index is 14.1. The van der Waals surface area contributed by atoms with Gasteiger partial charge in [-0.3, -0.25) is 4.79 Å². The Kier molecular flexibility index (Phi) is 6.48. The molecule has 1 atom stereocenters. The molecule has 3 amide bonds. The minimum Gasteiger partial charge on any atom is -0.497 e. The zero-order valence-electron chi connectivity index (χ0n) is 17.8. The van der Waals surface area contributed by atoms with Gasteiger partial charge in [0.2, 0.25) is 11.9 Å². The van der Waals surface area contributed by atoms with Crippen LogP contribution in [0.3, 0.4) is 0 Å². The van der Waals surface area contributed by atoms with E-state index in [2.05, 4.69) is 15.6 Å². The molecule has 0 radical (unpaired) electrons. The van der Waals surface area contributed by atoms with Gasteiger partial charge in [0, 0.05) is 30.1 Å². The highest BCUT2D eigenvalue weighted by atomic mass is 19.1. The van der Waals surface area contributed by atoms with Crippen molar-refractivity contribution in [3.05, 3.63) is 72.6 Å². The molecule has 1 fully saturated rings. The summed E-state index contributed by atoms with van der Waals surface area (Å²) in [5.41, 5.74) is 1.63. The molecule has 0 spiro atoms. The van der Waals surface area contributed by atoms with Gasteiger partial charge < -0.3 is 20.3 Å². The van der Waals surface area contributed by atoms with Gasteiger partial charge in [0.25, 0.3) is 0 Å². The van der Waals surface area contributed by atoms with Crippen LogP contribution in [0.25, 0.3) is 11.1 Å². The van der Waals surface area contributed by atoms with Gasteiger partial charge in [0.15, 0.2) is 0 Å². The maximum Gasteiger partial charge on any atom is 0.319 e. The van der Waals surface area contributed by atoms with Gasteiger partial charge in [-0.1, -0.05) is 12.1 Å². The summed E-state index contributed by atoms with van der Waals surface area (Å²) in [6.07, 6.45) is 2.52. The van der Waals surface area contributed by atoms with Gasteiger partial charge in [0.1, 0.15) is 17.6 Å². The molecule has 2 heterocycles. The third-order valence-electron chi connectivity index (χ3n) is 5.42. The van der Waals surface area contributed by atoms with Crippen LogP contribution in [0.5, 0.6) is 5.75 Å². The number of methoxy groups -OCH3 is 1. The zero-order valence-corrected chi connectivity index (χ0v) is 17.8.